The van der Waals surface area contributed by atoms with E-state index < -0.39 is 0 Å². The number of nitrogens with one attached hydrogen (secondary N) is 1. The Bertz CT molecular complexity index is 885. The van der Waals surface area contributed by atoms with Gasteiger partial charge in [-0.15, -0.1) is 0 Å². The lowest BCUT2D eigenvalue weighted by molar-refractivity contribution is 0.0797. The van der Waals surface area contributed by atoms with Gasteiger partial charge in [-0.3, -0.25) is 4.79 Å². The monoisotopic (exact) mass is 460 g/mol. The van der Waals surface area contributed by atoms with E-state index in [4.69, 9.17) is 23.2 Å². The van der Waals surface area contributed by atoms with Gasteiger partial charge in [0.15, 0.2) is 0 Å². The number of aromatic nitrogens is 1. The van der Waals surface area contributed by atoms with Crippen LogP contribution in [0.25, 0.3) is 0 Å². The number of hydrogen-bond donors (Lipinski definition) is 1. The fraction of sp³-hybridized carbons (Fsp3) is 0.500. The van der Waals surface area contributed by atoms with Crippen LogP contribution in [0.3, 0.4) is 0 Å². The molecule has 1 aromatic carbocycles. The standard InChI is InChI=1S/C24H30Cl2N4O/c1-17(29-11-3-2-4-12-29)21-10-13-30(23-9-8-20(26)15-27-23)16-22(21)28-24(31)18-6-5-7-19(25)14-18/h5-9,14-15,17,21-22H,2-4,10-13,16H2,1H3,(H,28,31). The van der Waals surface area contributed by atoms with E-state index in [2.05, 4.69) is 27.0 Å². The molecule has 4 rings (SSSR count). The van der Waals surface area contributed by atoms with Crippen molar-refractivity contribution in [2.75, 3.05) is 31.1 Å². The van der Waals surface area contributed by atoms with Crippen LogP contribution in [-0.4, -0.2) is 54.1 Å². The topological polar surface area (TPSA) is 48.5 Å². The number of rotatable bonds is 5. The number of amides is 1. The molecule has 0 bridgehead atoms. The highest BCUT2D eigenvalue weighted by Crippen LogP contribution is 2.29. The molecule has 3 atom stereocenters. The van der Waals surface area contributed by atoms with E-state index in [-0.39, 0.29) is 11.9 Å². The van der Waals surface area contributed by atoms with E-state index in [0.29, 0.717) is 27.6 Å². The Labute approximate surface area is 194 Å². The van der Waals surface area contributed by atoms with E-state index in [1.807, 2.05) is 24.3 Å². The van der Waals surface area contributed by atoms with Crippen LogP contribution >= 0.6 is 23.2 Å². The zero-order chi connectivity index (χ0) is 21.8. The number of piperidine rings is 2. The van der Waals surface area contributed by atoms with Crippen molar-refractivity contribution >= 4 is 34.9 Å². The van der Waals surface area contributed by atoms with Crippen molar-refractivity contribution < 1.29 is 4.79 Å². The molecule has 166 valence electrons. The Hall–Kier alpha value is -1.82. The van der Waals surface area contributed by atoms with Crippen LogP contribution in [0, 0.1) is 5.92 Å². The number of carbonyl (C=O) groups excluding carboxylic acids is 1. The summed E-state index contributed by atoms with van der Waals surface area (Å²) in [5.41, 5.74) is 0.596. The van der Waals surface area contributed by atoms with Crippen LogP contribution in [0.15, 0.2) is 42.6 Å². The van der Waals surface area contributed by atoms with E-state index in [1.165, 1.54) is 19.3 Å². The lowest BCUT2D eigenvalue weighted by Gasteiger charge is -2.45. The molecule has 0 saturated carbocycles. The van der Waals surface area contributed by atoms with E-state index in [1.54, 1.807) is 18.3 Å². The summed E-state index contributed by atoms with van der Waals surface area (Å²) in [6.07, 6.45) is 6.52. The average Bonchev–Trinajstić information content (AvgIpc) is 2.79. The molecule has 0 aliphatic carbocycles. The highest BCUT2D eigenvalue weighted by Gasteiger charge is 2.37. The fourth-order valence-electron chi connectivity index (χ4n) is 4.94. The van der Waals surface area contributed by atoms with Crippen LogP contribution in [0.5, 0.6) is 0 Å². The lowest BCUT2D eigenvalue weighted by Crippen LogP contribution is -2.58. The van der Waals surface area contributed by atoms with Crippen molar-refractivity contribution in [3.63, 3.8) is 0 Å². The molecule has 2 aliphatic rings. The molecule has 2 aliphatic heterocycles. The lowest BCUT2D eigenvalue weighted by atomic mass is 9.84. The number of halogens is 2. The predicted octanol–water partition coefficient (Wildman–Crippen LogP) is 4.89. The zero-order valence-corrected chi connectivity index (χ0v) is 19.4. The number of carbonyl (C=O) groups is 1. The third kappa shape index (κ3) is 5.51. The van der Waals surface area contributed by atoms with Crippen molar-refractivity contribution in [3.8, 4) is 0 Å². The van der Waals surface area contributed by atoms with Gasteiger partial charge in [0.05, 0.1) is 11.1 Å². The molecule has 0 spiro atoms. The molecule has 1 amide bonds. The molecule has 3 unspecified atom stereocenters. The molecule has 1 aromatic heterocycles. The first-order chi connectivity index (χ1) is 15.0. The Balaban J connectivity index is 1.53. The van der Waals surface area contributed by atoms with Crippen LogP contribution in [0.4, 0.5) is 5.82 Å². The highest BCUT2D eigenvalue weighted by molar-refractivity contribution is 6.31. The third-order valence-electron chi connectivity index (χ3n) is 6.69. The molecule has 1 N–H and O–H groups in total. The molecular weight excluding hydrogens is 431 g/mol. The minimum Gasteiger partial charge on any atom is -0.355 e. The Morgan fingerprint density at radius 3 is 2.61 bits per heavy atom. The number of benzene rings is 1. The van der Waals surface area contributed by atoms with Gasteiger partial charge < -0.3 is 15.1 Å². The van der Waals surface area contributed by atoms with Crippen LogP contribution in [0.2, 0.25) is 10.0 Å². The molecule has 3 heterocycles. The maximum atomic E-state index is 13.1. The minimum atomic E-state index is -0.0748. The SMILES string of the molecule is CC(C1CCN(c2ccc(Cl)cn2)CC1NC(=O)c1cccc(Cl)c1)N1CCCCC1. The van der Waals surface area contributed by atoms with Gasteiger partial charge in [-0.1, -0.05) is 35.7 Å². The summed E-state index contributed by atoms with van der Waals surface area (Å²) in [7, 11) is 0. The van der Waals surface area contributed by atoms with Gasteiger partial charge in [-0.2, -0.15) is 0 Å². The molecular formula is C24H30Cl2N4O. The summed E-state index contributed by atoms with van der Waals surface area (Å²) in [5, 5.41) is 4.52. The molecule has 0 radical (unpaired) electrons. The summed E-state index contributed by atoms with van der Waals surface area (Å²) in [5.74, 6) is 1.20. The first-order valence-corrected chi connectivity index (χ1v) is 11.9. The molecule has 2 fully saturated rings. The van der Waals surface area contributed by atoms with Crippen molar-refractivity contribution in [2.24, 2.45) is 5.92 Å². The number of hydrogen-bond acceptors (Lipinski definition) is 4. The summed E-state index contributed by atoms with van der Waals surface area (Å²) >= 11 is 12.1. The fourth-order valence-corrected chi connectivity index (χ4v) is 5.24. The van der Waals surface area contributed by atoms with Gasteiger partial charge in [0.25, 0.3) is 5.91 Å². The third-order valence-corrected chi connectivity index (χ3v) is 7.15. The minimum absolute atomic E-state index is 0.0228. The summed E-state index contributed by atoms with van der Waals surface area (Å²) in [6.45, 7) is 6.26. The van der Waals surface area contributed by atoms with Gasteiger partial charge in [0.1, 0.15) is 5.82 Å². The zero-order valence-electron chi connectivity index (χ0n) is 17.9. The second-order valence-electron chi connectivity index (χ2n) is 8.66. The van der Waals surface area contributed by atoms with E-state index in [9.17, 15) is 4.79 Å². The van der Waals surface area contributed by atoms with Gasteiger partial charge in [0.2, 0.25) is 0 Å². The van der Waals surface area contributed by atoms with Crippen molar-refractivity contribution in [3.05, 3.63) is 58.2 Å². The van der Waals surface area contributed by atoms with Crippen LogP contribution < -0.4 is 10.2 Å². The first kappa shape index (κ1) is 22.4. The van der Waals surface area contributed by atoms with Gasteiger partial charge in [-0.25, -0.2) is 4.98 Å². The van der Waals surface area contributed by atoms with E-state index in [0.717, 1.165) is 38.4 Å². The van der Waals surface area contributed by atoms with Crippen molar-refractivity contribution in [1.82, 2.24) is 15.2 Å². The second-order valence-corrected chi connectivity index (χ2v) is 9.53. The summed E-state index contributed by atoms with van der Waals surface area (Å²) in [6, 6.07) is 11.4. The van der Waals surface area contributed by atoms with Gasteiger partial charge >= 0.3 is 0 Å². The Morgan fingerprint density at radius 1 is 1.10 bits per heavy atom. The summed E-state index contributed by atoms with van der Waals surface area (Å²) < 4.78 is 0. The number of anilines is 1. The average molecular weight is 461 g/mol. The molecule has 2 aromatic rings. The predicted molar refractivity (Wildman–Crippen MR) is 127 cm³/mol. The summed E-state index contributed by atoms with van der Waals surface area (Å²) in [4.78, 5) is 22.4. The number of nitrogens with zero attached hydrogens (tertiary/aromatic N) is 3. The van der Waals surface area contributed by atoms with Crippen molar-refractivity contribution in [1.29, 1.82) is 0 Å². The van der Waals surface area contributed by atoms with Gasteiger partial charge in [0, 0.05) is 35.9 Å². The Morgan fingerprint density at radius 2 is 1.90 bits per heavy atom. The second kappa shape index (κ2) is 10.2. The maximum Gasteiger partial charge on any atom is 0.251 e. The molecule has 7 heteroatoms. The first-order valence-electron chi connectivity index (χ1n) is 11.2. The smallest absolute Gasteiger partial charge is 0.251 e. The van der Waals surface area contributed by atoms with Gasteiger partial charge in [-0.05, 0) is 75.5 Å². The van der Waals surface area contributed by atoms with Crippen molar-refractivity contribution in [2.45, 2.75) is 44.7 Å². The maximum absolute atomic E-state index is 13.1. The quantitative estimate of drug-likeness (QED) is 0.689. The largest absolute Gasteiger partial charge is 0.355 e. The van der Waals surface area contributed by atoms with E-state index >= 15 is 0 Å². The molecule has 2 saturated heterocycles. The molecule has 31 heavy (non-hydrogen) atoms. The number of pyridine rings is 1. The highest BCUT2D eigenvalue weighted by atomic mass is 35.5. The Kier molecular flexibility index (Phi) is 7.36. The van der Waals surface area contributed by atoms with Crippen LogP contribution in [0.1, 0.15) is 43.0 Å². The molecule has 5 nitrogen and oxygen atoms in total. The number of likely N-dealkylation sites (tertiary alicyclic amines) is 1. The normalized spacial score (nSPS) is 23.4. The van der Waals surface area contributed by atoms with Crippen LogP contribution in [-0.2, 0) is 0 Å².